The number of azide groups is 1. The molecular formula is C18H15Cl2N7O3S2. The van der Waals surface area contributed by atoms with Gasteiger partial charge >= 0.3 is 0 Å². The summed E-state index contributed by atoms with van der Waals surface area (Å²) in [6, 6.07) is 9.04. The molecule has 2 heterocycles. The van der Waals surface area contributed by atoms with Gasteiger partial charge in [0.25, 0.3) is 15.9 Å². The van der Waals surface area contributed by atoms with Crippen molar-refractivity contribution in [2.24, 2.45) is 5.11 Å². The highest BCUT2D eigenvalue weighted by Gasteiger charge is 2.23. The van der Waals surface area contributed by atoms with Crippen LogP contribution < -0.4 is 9.46 Å². The van der Waals surface area contributed by atoms with Crippen molar-refractivity contribution >= 4 is 50.8 Å². The van der Waals surface area contributed by atoms with Crippen molar-refractivity contribution in [3.63, 3.8) is 0 Å². The molecule has 1 N–H and O–H groups in total. The van der Waals surface area contributed by atoms with E-state index in [2.05, 4.69) is 29.7 Å². The summed E-state index contributed by atoms with van der Waals surface area (Å²) in [6.45, 7) is 0. The zero-order valence-electron chi connectivity index (χ0n) is 16.4. The van der Waals surface area contributed by atoms with Gasteiger partial charge in [-0.05, 0) is 29.8 Å². The molecule has 2 aromatic heterocycles. The van der Waals surface area contributed by atoms with Crippen molar-refractivity contribution in [3.05, 3.63) is 75.0 Å². The maximum absolute atomic E-state index is 12.7. The number of aromatic nitrogens is 3. The maximum atomic E-state index is 12.7. The standard InChI is InChI=1S/C18H15Cl2N7O3S2/c1-30-18-17(26-32(28,29)14-7-4-5-11(19)16(14)20)23-9-15(24-18)31-10-13(25-27-21)12-6-2-3-8-22-12/h2-9,13H,10H2,1H3,(H,23,26). The van der Waals surface area contributed by atoms with E-state index in [4.69, 9.17) is 33.5 Å². The van der Waals surface area contributed by atoms with Crippen LogP contribution in [0.4, 0.5) is 5.82 Å². The first-order valence-corrected chi connectivity index (χ1v) is 12.0. The Morgan fingerprint density at radius 1 is 1.25 bits per heavy atom. The second kappa shape index (κ2) is 10.7. The number of pyridine rings is 1. The van der Waals surface area contributed by atoms with Gasteiger partial charge in [-0.3, -0.25) is 9.71 Å². The molecule has 0 saturated carbocycles. The molecule has 166 valence electrons. The van der Waals surface area contributed by atoms with Gasteiger partial charge in [0.05, 0.1) is 35.1 Å². The minimum absolute atomic E-state index is 0.0464. The van der Waals surface area contributed by atoms with Gasteiger partial charge < -0.3 is 4.74 Å². The summed E-state index contributed by atoms with van der Waals surface area (Å²) in [5, 5.41) is 4.19. The second-order valence-electron chi connectivity index (χ2n) is 6.01. The number of hydrogen-bond donors (Lipinski definition) is 1. The van der Waals surface area contributed by atoms with E-state index in [0.29, 0.717) is 16.5 Å². The number of sulfonamides is 1. The molecule has 0 aliphatic carbocycles. The number of hydrogen-bond acceptors (Lipinski definition) is 8. The van der Waals surface area contributed by atoms with Crippen LogP contribution in [-0.2, 0) is 10.0 Å². The molecule has 0 amide bonds. The van der Waals surface area contributed by atoms with Crippen LogP contribution >= 0.6 is 35.0 Å². The zero-order chi connectivity index (χ0) is 23.1. The van der Waals surface area contributed by atoms with Gasteiger partial charge in [0.1, 0.15) is 9.92 Å². The van der Waals surface area contributed by atoms with E-state index in [1.54, 1.807) is 24.4 Å². The number of methoxy groups -OCH3 is 1. The van der Waals surface area contributed by atoms with Crippen molar-refractivity contribution in [2.75, 3.05) is 17.6 Å². The van der Waals surface area contributed by atoms with Crippen molar-refractivity contribution in [1.29, 1.82) is 0 Å². The normalized spacial score (nSPS) is 12.0. The first-order chi connectivity index (χ1) is 15.4. The molecule has 0 fully saturated rings. The topological polar surface area (TPSA) is 143 Å². The molecule has 10 nitrogen and oxygen atoms in total. The number of anilines is 1. The lowest BCUT2D eigenvalue weighted by Gasteiger charge is -2.13. The fraction of sp³-hybridized carbons (Fsp3) is 0.167. The highest BCUT2D eigenvalue weighted by atomic mass is 35.5. The van der Waals surface area contributed by atoms with Crippen LogP contribution in [0.1, 0.15) is 11.7 Å². The van der Waals surface area contributed by atoms with E-state index < -0.39 is 16.1 Å². The molecule has 0 aliphatic rings. The molecule has 1 atom stereocenters. The third-order valence-corrected chi connectivity index (χ3v) is 7.24. The average molecular weight is 512 g/mol. The van der Waals surface area contributed by atoms with Crippen molar-refractivity contribution in [1.82, 2.24) is 15.0 Å². The van der Waals surface area contributed by atoms with Crippen LogP contribution in [0.3, 0.4) is 0 Å². The van der Waals surface area contributed by atoms with Gasteiger partial charge in [-0.15, -0.1) is 11.8 Å². The number of benzene rings is 1. The predicted octanol–water partition coefficient (Wildman–Crippen LogP) is 5.13. The highest BCUT2D eigenvalue weighted by Crippen LogP contribution is 2.32. The molecule has 3 rings (SSSR count). The third-order valence-electron chi connectivity index (χ3n) is 3.96. The van der Waals surface area contributed by atoms with Gasteiger partial charge in [-0.2, -0.15) is 0 Å². The molecule has 0 aliphatic heterocycles. The number of rotatable bonds is 9. The SMILES string of the molecule is COc1nc(SCC(N=[N+]=[N-])c2ccccn2)cnc1NS(=O)(=O)c1cccc(Cl)c1Cl. The summed E-state index contributed by atoms with van der Waals surface area (Å²) >= 11 is 13.2. The van der Waals surface area contributed by atoms with Crippen LogP contribution in [0.15, 0.2) is 63.8 Å². The van der Waals surface area contributed by atoms with Crippen molar-refractivity contribution in [3.8, 4) is 5.88 Å². The zero-order valence-corrected chi connectivity index (χ0v) is 19.5. The Kier molecular flexibility index (Phi) is 7.99. The Morgan fingerprint density at radius 3 is 2.75 bits per heavy atom. The minimum atomic E-state index is -4.10. The summed E-state index contributed by atoms with van der Waals surface area (Å²) in [5.41, 5.74) is 9.45. The molecule has 0 saturated heterocycles. The lowest BCUT2D eigenvalue weighted by atomic mass is 10.2. The Balaban J connectivity index is 1.80. The monoisotopic (exact) mass is 511 g/mol. The van der Waals surface area contributed by atoms with Gasteiger partial charge in [0.15, 0.2) is 0 Å². The summed E-state index contributed by atoms with van der Waals surface area (Å²) in [6.07, 6.45) is 2.98. The Labute approximate surface area is 198 Å². The minimum Gasteiger partial charge on any atom is -0.478 e. The van der Waals surface area contributed by atoms with Gasteiger partial charge in [0.2, 0.25) is 5.82 Å². The summed E-state index contributed by atoms with van der Waals surface area (Å²) in [7, 11) is -2.77. The Bertz CT molecular complexity index is 1260. The molecule has 1 aromatic carbocycles. The van der Waals surface area contributed by atoms with Crippen LogP contribution in [-0.4, -0.2) is 36.2 Å². The summed E-state index contributed by atoms with van der Waals surface area (Å²) in [4.78, 5) is 15.3. The number of thioether (sulfide) groups is 1. The predicted molar refractivity (Wildman–Crippen MR) is 123 cm³/mol. The number of ether oxygens (including phenoxy) is 1. The number of nitrogens with one attached hydrogen (secondary N) is 1. The van der Waals surface area contributed by atoms with Crippen molar-refractivity contribution in [2.45, 2.75) is 16.0 Å². The molecule has 0 radical (unpaired) electrons. The lowest BCUT2D eigenvalue weighted by molar-refractivity contribution is 0.394. The fourth-order valence-corrected chi connectivity index (χ4v) is 5.10. The van der Waals surface area contributed by atoms with Crippen LogP contribution in [0.2, 0.25) is 10.0 Å². The maximum Gasteiger partial charge on any atom is 0.264 e. The van der Waals surface area contributed by atoms with E-state index in [9.17, 15) is 8.42 Å². The van der Waals surface area contributed by atoms with E-state index in [1.165, 1.54) is 43.3 Å². The van der Waals surface area contributed by atoms with Crippen molar-refractivity contribution < 1.29 is 13.2 Å². The van der Waals surface area contributed by atoms with Crippen LogP contribution in [0.25, 0.3) is 10.4 Å². The van der Waals surface area contributed by atoms with Gasteiger partial charge in [-0.1, -0.05) is 40.4 Å². The smallest absolute Gasteiger partial charge is 0.264 e. The molecule has 32 heavy (non-hydrogen) atoms. The molecule has 0 spiro atoms. The molecule has 0 bridgehead atoms. The molecule has 1 unspecified atom stereocenters. The Hall–Kier alpha value is -2.76. The first-order valence-electron chi connectivity index (χ1n) is 8.81. The summed E-state index contributed by atoms with van der Waals surface area (Å²) in [5.74, 6) is 0.168. The molecular weight excluding hydrogens is 497 g/mol. The molecule has 14 heteroatoms. The average Bonchev–Trinajstić information content (AvgIpc) is 2.79. The Morgan fingerprint density at radius 2 is 2.06 bits per heavy atom. The quantitative estimate of drug-likeness (QED) is 0.181. The summed E-state index contributed by atoms with van der Waals surface area (Å²) < 4.78 is 33.0. The largest absolute Gasteiger partial charge is 0.478 e. The van der Waals surface area contributed by atoms with Gasteiger partial charge in [-0.25, -0.2) is 18.4 Å². The highest BCUT2D eigenvalue weighted by molar-refractivity contribution is 7.99. The molecule has 3 aromatic rings. The number of nitrogens with zero attached hydrogens (tertiary/aromatic N) is 6. The van der Waals surface area contributed by atoms with E-state index in [-0.39, 0.29) is 26.6 Å². The first kappa shape index (κ1) is 23.9. The van der Waals surface area contributed by atoms with Crippen LogP contribution in [0, 0.1) is 0 Å². The van der Waals surface area contributed by atoms with Gasteiger partial charge in [0, 0.05) is 16.9 Å². The number of halogens is 2. The van der Waals surface area contributed by atoms with E-state index in [0.717, 1.165) is 0 Å². The second-order valence-corrected chi connectivity index (χ2v) is 9.49. The van der Waals surface area contributed by atoms with E-state index in [1.807, 2.05) is 0 Å². The van der Waals surface area contributed by atoms with E-state index >= 15 is 0 Å². The fourth-order valence-electron chi connectivity index (χ4n) is 2.49. The lowest BCUT2D eigenvalue weighted by Crippen LogP contribution is -2.16. The third kappa shape index (κ3) is 5.72. The van der Waals surface area contributed by atoms with Crippen LogP contribution in [0.5, 0.6) is 5.88 Å².